The zero-order valence-electron chi connectivity index (χ0n) is 13.4. The Balaban J connectivity index is 2.00. The van der Waals surface area contributed by atoms with Gasteiger partial charge in [-0.2, -0.15) is 0 Å². The summed E-state index contributed by atoms with van der Waals surface area (Å²) in [7, 11) is 0. The van der Waals surface area contributed by atoms with Gasteiger partial charge in [-0.15, -0.1) is 11.3 Å². The van der Waals surface area contributed by atoms with E-state index in [1.807, 2.05) is 13.8 Å². The van der Waals surface area contributed by atoms with Crippen molar-refractivity contribution in [2.24, 2.45) is 0 Å². The normalized spacial score (nSPS) is 10.7. The van der Waals surface area contributed by atoms with Gasteiger partial charge in [-0.3, -0.25) is 4.79 Å². The molecule has 0 amide bonds. The van der Waals surface area contributed by atoms with E-state index < -0.39 is 5.97 Å². The third-order valence-corrected chi connectivity index (χ3v) is 4.90. The van der Waals surface area contributed by atoms with Crippen molar-refractivity contribution in [3.63, 3.8) is 0 Å². The number of carboxylic acid groups (broad SMARTS) is 1. The average molecular weight is 319 g/mol. The first kappa shape index (κ1) is 16.5. The molecule has 0 spiro atoms. The molecule has 0 radical (unpaired) electrons. The molecule has 0 saturated carbocycles. The van der Waals surface area contributed by atoms with Crippen LogP contribution in [0.15, 0.2) is 12.1 Å². The summed E-state index contributed by atoms with van der Waals surface area (Å²) in [5.74, 6) is 0.125. The highest BCUT2D eigenvalue weighted by molar-refractivity contribution is 7.11. The minimum absolute atomic E-state index is 0.0421. The number of carboxylic acids is 1. The van der Waals surface area contributed by atoms with Gasteiger partial charge < -0.3 is 9.84 Å². The second-order valence-corrected chi connectivity index (χ2v) is 6.61. The number of nitrogens with zero attached hydrogens (tertiary/aromatic N) is 1. The molecule has 2 rings (SSSR count). The third kappa shape index (κ3) is 3.85. The van der Waals surface area contributed by atoms with Crippen molar-refractivity contribution in [1.29, 1.82) is 0 Å². The quantitative estimate of drug-likeness (QED) is 0.883. The third-order valence-electron chi connectivity index (χ3n) is 3.68. The number of aliphatic carboxylic acids is 1. The lowest BCUT2D eigenvalue weighted by molar-refractivity contribution is -0.136. The number of ether oxygens (including phenoxy) is 1. The molecule has 22 heavy (non-hydrogen) atoms. The Bertz CT molecular complexity index is 691. The van der Waals surface area contributed by atoms with Crippen LogP contribution in [0, 0.1) is 27.7 Å². The zero-order chi connectivity index (χ0) is 16.3. The van der Waals surface area contributed by atoms with Crippen LogP contribution in [0.1, 0.15) is 32.3 Å². The average Bonchev–Trinajstić information content (AvgIpc) is 2.78. The summed E-state index contributed by atoms with van der Waals surface area (Å²) in [5.41, 5.74) is 4.33. The topological polar surface area (TPSA) is 59.4 Å². The number of hydrogen-bond donors (Lipinski definition) is 1. The molecule has 1 aromatic carbocycles. The summed E-state index contributed by atoms with van der Waals surface area (Å²) in [6.45, 7) is 8.58. The van der Waals surface area contributed by atoms with Gasteiger partial charge in [0.1, 0.15) is 5.75 Å². The number of aryl methyl sites for hydroxylation is 3. The fourth-order valence-electron chi connectivity index (χ4n) is 2.28. The highest BCUT2D eigenvalue weighted by atomic mass is 32.1. The summed E-state index contributed by atoms with van der Waals surface area (Å²) in [4.78, 5) is 16.0. The Labute approximate surface area is 134 Å². The van der Waals surface area contributed by atoms with E-state index in [2.05, 4.69) is 31.0 Å². The van der Waals surface area contributed by atoms with Crippen molar-refractivity contribution in [2.75, 3.05) is 6.61 Å². The first-order chi connectivity index (χ1) is 10.4. The molecule has 2 aromatic rings. The van der Waals surface area contributed by atoms with E-state index in [-0.39, 0.29) is 6.42 Å². The van der Waals surface area contributed by atoms with Crippen LogP contribution in [0.4, 0.5) is 0 Å². The maximum atomic E-state index is 10.8. The molecular weight excluding hydrogens is 298 g/mol. The van der Waals surface area contributed by atoms with E-state index in [0.717, 1.165) is 26.9 Å². The highest BCUT2D eigenvalue weighted by Gasteiger charge is 2.12. The first-order valence-corrected chi connectivity index (χ1v) is 8.06. The molecule has 0 aliphatic carbocycles. The fourth-order valence-corrected chi connectivity index (χ4v) is 3.33. The van der Waals surface area contributed by atoms with Crippen LogP contribution in [0.25, 0.3) is 0 Å². The molecule has 1 heterocycles. The Hall–Kier alpha value is -1.88. The van der Waals surface area contributed by atoms with Crippen LogP contribution in [-0.4, -0.2) is 22.7 Å². The molecular formula is C17H21NO3S. The van der Waals surface area contributed by atoms with Crippen LogP contribution in [0.2, 0.25) is 0 Å². The minimum atomic E-state index is -0.819. The number of thiazole rings is 1. The van der Waals surface area contributed by atoms with Crippen LogP contribution >= 0.6 is 11.3 Å². The summed E-state index contributed by atoms with van der Waals surface area (Å²) in [6.07, 6.45) is 0.735. The van der Waals surface area contributed by atoms with E-state index in [9.17, 15) is 4.79 Å². The van der Waals surface area contributed by atoms with E-state index in [1.54, 1.807) is 0 Å². The summed E-state index contributed by atoms with van der Waals surface area (Å²) in [6, 6.07) is 4.16. The molecule has 0 bridgehead atoms. The van der Waals surface area contributed by atoms with Gasteiger partial charge in [0.25, 0.3) is 0 Å². The second-order valence-electron chi connectivity index (χ2n) is 5.44. The Morgan fingerprint density at radius 1 is 1.23 bits per heavy atom. The Morgan fingerprint density at radius 2 is 1.91 bits per heavy atom. The number of hydrogen-bond acceptors (Lipinski definition) is 4. The van der Waals surface area contributed by atoms with Crippen molar-refractivity contribution < 1.29 is 14.6 Å². The standard InChI is InChI=1S/C17H21NO3S/c1-10-5-6-11(2)17(12(10)3)21-8-7-15-18-13(4)14(22-15)9-16(19)20/h5-6H,7-9H2,1-4H3,(H,19,20). The molecule has 0 saturated heterocycles. The molecule has 0 atom stereocenters. The van der Waals surface area contributed by atoms with Crippen molar-refractivity contribution in [2.45, 2.75) is 40.5 Å². The van der Waals surface area contributed by atoms with Gasteiger partial charge in [0.15, 0.2) is 0 Å². The lowest BCUT2D eigenvalue weighted by Gasteiger charge is -2.13. The van der Waals surface area contributed by atoms with Crippen LogP contribution in [-0.2, 0) is 17.6 Å². The van der Waals surface area contributed by atoms with Crippen molar-refractivity contribution in [3.8, 4) is 5.75 Å². The van der Waals surface area contributed by atoms with Crippen molar-refractivity contribution in [1.82, 2.24) is 4.98 Å². The molecule has 1 aromatic heterocycles. The first-order valence-electron chi connectivity index (χ1n) is 7.25. The van der Waals surface area contributed by atoms with Crippen molar-refractivity contribution >= 4 is 17.3 Å². The maximum absolute atomic E-state index is 10.8. The SMILES string of the molecule is Cc1ccc(C)c(OCCc2nc(C)c(CC(=O)O)s2)c1C. The van der Waals surface area contributed by atoms with Crippen molar-refractivity contribution in [3.05, 3.63) is 44.4 Å². The minimum Gasteiger partial charge on any atom is -0.493 e. The van der Waals surface area contributed by atoms with Crippen LogP contribution < -0.4 is 4.74 Å². The lowest BCUT2D eigenvalue weighted by atomic mass is 10.1. The molecule has 0 aliphatic heterocycles. The largest absolute Gasteiger partial charge is 0.493 e. The van der Waals surface area contributed by atoms with E-state index in [4.69, 9.17) is 9.84 Å². The lowest BCUT2D eigenvalue weighted by Crippen LogP contribution is -2.04. The maximum Gasteiger partial charge on any atom is 0.308 e. The molecule has 4 nitrogen and oxygen atoms in total. The molecule has 118 valence electrons. The molecule has 0 aliphatic rings. The van der Waals surface area contributed by atoms with Gasteiger partial charge in [0, 0.05) is 11.3 Å². The zero-order valence-corrected chi connectivity index (χ0v) is 14.2. The molecule has 0 fully saturated rings. The van der Waals surface area contributed by atoms with E-state index >= 15 is 0 Å². The van der Waals surface area contributed by atoms with Crippen LogP contribution in [0.3, 0.4) is 0 Å². The molecule has 1 N–H and O–H groups in total. The fraction of sp³-hybridized carbons (Fsp3) is 0.412. The van der Waals surface area contributed by atoms with Gasteiger partial charge in [0.05, 0.1) is 23.7 Å². The Kier molecular flexibility index (Phi) is 5.19. The van der Waals surface area contributed by atoms with Crippen LogP contribution in [0.5, 0.6) is 5.75 Å². The molecule has 5 heteroatoms. The van der Waals surface area contributed by atoms with Gasteiger partial charge in [-0.05, 0) is 44.4 Å². The van der Waals surface area contributed by atoms with Gasteiger partial charge in [-0.25, -0.2) is 4.98 Å². The highest BCUT2D eigenvalue weighted by Crippen LogP contribution is 2.26. The van der Waals surface area contributed by atoms with E-state index in [0.29, 0.717) is 13.0 Å². The number of aromatic nitrogens is 1. The van der Waals surface area contributed by atoms with Gasteiger partial charge in [-0.1, -0.05) is 12.1 Å². The molecule has 0 unspecified atom stereocenters. The number of rotatable bonds is 6. The predicted octanol–water partition coefficient (Wildman–Crippen LogP) is 3.63. The number of benzene rings is 1. The van der Waals surface area contributed by atoms with Gasteiger partial charge >= 0.3 is 5.97 Å². The predicted molar refractivity (Wildman–Crippen MR) is 88.0 cm³/mol. The number of carbonyl (C=O) groups is 1. The smallest absolute Gasteiger partial charge is 0.308 e. The Morgan fingerprint density at radius 3 is 2.59 bits per heavy atom. The van der Waals surface area contributed by atoms with Gasteiger partial charge in [0.2, 0.25) is 0 Å². The monoisotopic (exact) mass is 319 g/mol. The summed E-state index contributed by atoms with van der Waals surface area (Å²) < 4.78 is 5.93. The second kappa shape index (κ2) is 6.92. The summed E-state index contributed by atoms with van der Waals surface area (Å²) >= 11 is 1.46. The van der Waals surface area contributed by atoms with E-state index in [1.165, 1.54) is 22.5 Å². The summed E-state index contributed by atoms with van der Waals surface area (Å²) in [5, 5.41) is 9.79.